The molecular weight excluding hydrogens is 194 g/mol. The van der Waals surface area contributed by atoms with Crippen molar-refractivity contribution < 1.29 is 0 Å². The highest BCUT2D eigenvalue weighted by Gasteiger charge is 2.47. The summed E-state index contributed by atoms with van der Waals surface area (Å²) in [6, 6.07) is 0. The summed E-state index contributed by atoms with van der Waals surface area (Å²) >= 11 is 0. The average molecular weight is 221 g/mol. The first-order chi connectivity index (χ1) is 7.76. The minimum atomic E-state index is 0.868. The zero-order chi connectivity index (χ0) is 11.1. The standard InChI is InChI=1S/C15H27N/c1-10(2-3-16)4-15-13-6-11-5-12(8-13)9-14(15)7-11/h10-15H,2-9,16H2,1H3. The molecule has 2 N–H and O–H groups in total. The summed E-state index contributed by atoms with van der Waals surface area (Å²) in [7, 11) is 0. The first-order valence-corrected chi connectivity index (χ1v) is 7.46. The third kappa shape index (κ3) is 1.92. The summed E-state index contributed by atoms with van der Waals surface area (Å²) in [5.41, 5.74) is 5.68. The van der Waals surface area contributed by atoms with Crippen LogP contribution in [0, 0.1) is 35.5 Å². The molecule has 1 atom stereocenters. The Kier molecular flexibility index (Phi) is 2.99. The molecule has 4 saturated carbocycles. The Morgan fingerprint density at radius 1 is 1.00 bits per heavy atom. The van der Waals surface area contributed by atoms with Crippen LogP contribution in [0.3, 0.4) is 0 Å². The lowest BCUT2D eigenvalue weighted by Gasteiger charge is -2.55. The second kappa shape index (κ2) is 4.33. The topological polar surface area (TPSA) is 26.0 Å². The molecule has 0 amide bonds. The van der Waals surface area contributed by atoms with Crippen LogP contribution in [0.4, 0.5) is 0 Å². The highest BCUT2D eigenvalue weighted by molar-refractivity contribution is 4.98. The van der Waals surface area contributed by atoms with Crippen LogP contribution in [0.2, 0.25) is 0 Å². The Morgan fingerprint density at radius 3 is 2.06 bits per heavy atom. The first-order valence-electron chi connectivity index (χ1n) is 7.46. The summed E-state index contributed by atoms with van der Waals surface area (Å²) in [6.07, 6.45) is 10.6. The van der Waals surface area contributed by atoms with Gasteiger partial charge in [-0.3, -0.25) is 0 Å². The third-order valence-corrected chi connectivity index (χ3v) is 5.76. The molecule has 1 nitrogen and oxygen atoms in total. The van der Waals surface area contributed by atoms with Crippen LogP contribution >= 0.6 is 0 Å². The highest BCUT2D eigenvalue weighted by atomic mass is 14.5. The van der Waals surface area contributed by atoms with Crippen molar-refractivity contribution in [2.24, 2.45) is 41.2 Å². The maximum absolute atomic E-state index is 5.68. The lowest BCUT2D eigenvalue weighted by molar-refractivity contribution is -0.0451. The molecule has 0 spiro atoms. The van der Waals surface area contributed by atoms with Gasteiger partial charge in [-0.2, -0.15) is 0 Å². The fraction of sp³-hybridized carbons (Fsp3) is 1.00. The summed E-state index contributed by atoms with van der Waals surface area (Å²) in [6.45, 7) is 3.30. The van der Waals surface area contributed by atoms with Gasteiger partial charge in [-0.15, -0.1) is 0 Å². The van der Waals surface area contributed by atoms with Crippen molar-refractivity contribution in [2.45, 2.75) is 51.9 Å². The SMILES string of the molecule is CC(CCN)CC1C2CC3CC(C2)CC1C3. The van der Waals surface area contributed by atoms with Gasteiger partial charge in [-0.05, 0) is 87.0 Å². The van der Waals surface area contributed by atoms with Crippen LogP contribution in [-0.4, -0.2) is 6.54 Å². The molecule has 1 unspecified atom stereocenters. The molecule has 0 heterocycles. The van der Waals surface area contributed by atoms with Gasteiger partial charge in [-0.1, -0.05) is 6.92 Å². The molecule has 0 radical (unpaired) electrons. The molecule has 92 valence electrons. The van der Waals surface area contributed by atoms with E-state index >= 15 is 0 Å². The minimum Gasteiger partial charge on any atom is -0.330 e. The summed E-state index contributed by atoms with van der Waals surface area (Å²) in [5, 5.41) is 0. The number of nitrogens with two attached hydrogens (primary N) is 1. The molecule has 0 aromatic carbocycles. The van der Waals surface area contributed by atoms with Gasteiger partial charge in [-0.25, -0.2) is 0 Å². The number of hydrogen-bond acceptors (Lipinski definition) is 1. The Morgan fingerprint density at radius 2 is 1.56 bits per heavy atom. The predicted molar refractivity (Wildman–Crippen MR) is 68.0 cm³/mol. The number of hydrogen-bond donors (Lipinski definition) is 1. The molecule has 1 heteroatoms. The lowest BCUT2D eigenvalue weighted by atomic mass is 9.51. The van der Waals surface area contributed by atoms with E-state index < -0.39 is 0 Å². The monoisotopic (exact) mass is 221 g/mol. The Hall–Kier alpha value is -0.0400. The summed E-state index contributed by atoms with van der Waals surface area (Å²) in [4.78, 5) is 0. The molecule has 0 aromatic heterocycles. The smallest absolute Gasteiger partial charge is 0.00747 e. The Balaban J connectivity index is 1.63. The molecule has 0 aromatic rings. The van der Waals surface area contributed by atoms with E-state index in [9.17, 15) is 0 Å². The van der Waals surface area contributed by atoms with E-state index in [1.807, 2.05) is 0 Å². The Labute approximate surface area is 100 Å². The van der Waals surface area contributed by atoms with Crippen molar-refractivity contribution in [1.29, 1.82) is 0 Å². The first kappa shape index (κ1) is 11.1. The van der Waals surface area contributed by atoms with Crippen molar-refractivity contribution in [3.05, 3.63) is 0 Å². The van der Waals surface area contributed by atoms with E-state index in [1.54, 1.807) is 32.1 Å². The van der Waals surface area contributed by atoms with E-state index in [-0.39, 0.29) is 0 Å². The van der Waals surface area contributed by atoms with Gasteiger partial charge in [0, 0.05) is 0 Å². The zero-order valence-electron chi connectivity index (χ0n) is 10.7. The molecule has 0 aliphatic heterocycles. The normalized spacial score (nSPS) is 47.2. The fourth-order valence-electron chi connectivity index (χ4n) is 5.29. The molecule has 0 saturated heterocycles. The van der Waals surface area contributed by atoms with Crippen molar-refractivity contribution in [3.63, 3.8) is 0 Å². The second-order valence-corrected chi connectivity index (χ2v) is 7.01. The van der Waals surface area contributed by atoms with Crippen LogP contribution in [0.15, 0.2) is 0 Å². The second-order valence-electron chi connectivity index (χ2n) is 7.01. The van der Waals surface area contributed by atoms with Crippen LogP contribution in [0.5, 0.6) is 0 Å². The molecule has 4 rings (SSSR count). The van der Waals surface area contributed by atoms with Gasteiger partial charge in [0.1, 0.15) is 0 Å². The zero-order valence-corrected chi connectivity index (χ0v) is 10.7. The molecule has 4 fully saturated rings. The van der Waals surface area contributed by atoms with Gasteiger partial charge >= 0.3 is 0 Å². The maximum atomic E-state index is 5.68. The lowest BCUT2D eigenvalue weighted by Crippen LogP contribution is -2.45. The van der Waals surface area contributed by atoms with Crippen molar-refractivity contribution in [2.75, 3.05) is 6.54 Å². The van der Waals surface area contributed by atoms with Crippen molar-refractivity contribution >= 4 is 0 Å². The van der Waals surface area contributed by atoms with Gasteiger partial charge in [0.05, 0.1) is 0 Å². The molecule has 4 aliphatic carbocycles. The van der Waals surface area contributed by atoms with Crippen molar-refractivity contribution in [3.8, 4) is 0 Å². The quantitative estimate of drug-likeness (QED) is 0.773. The van der Waals surface area contributed by atoms with Crippen LogP contribution in [-0.2, 0) is 0 Å². The van der Waals surface area contributed by atoms with Gasteiger partial charge < -0.3 is 5.73 Å². The predicted octanol–water partition coefficient (Wildman–Crippen LogP) is 3.43. The highest BCUT2D eigenvalue weighted by Crippen LogP contribution is 2.57. The molecule has 4 aliphatic rings. The van der Waals surface area contributed by atoms with E-state index in [0.717, 1.165) is 42.1 Å². The van der Waals surface area contributed by atoms with E-state index in [2.05, 4.69) is 6.92 Å². The van der Waals surface area contributed by atoms with Gasteiger partial charge in [0.2, 0.25) is 0 Å². The molecular formula is C15H27N. The molecule has 16 heavy (non-hydrogen) atoms. The van der Waals surface area contributed by atoms with Gasteiger partial charge in [0.15, 0.2) is 0 Å². The van der Waals surface area contributed by atoms with Crippen LogP contribution in [0.25, 0.3) is 0 Å². The van der Waals surface area contributed by atoms with Crippen molar-refractivity contribution in [1.82, 2.24) is 0 Å². The largest absolute Gasteiger partial charge is 0.330 e. The average Bonchev–Trinajstić information content (AvgIpc) is 2.23. The number of rotatable bonds is 4. The summed E-state index contributed by atoms with van der Waals surface area (Å²) < 4.78 is 0. The molecule has 4 bridgehead atoms. The van der Waals surface area contributed by atoms with Crippen LogP contribution < -0.4 is 5.73 Å². The van der Waals surface area contributed by atoms with E-state index in [1.165, 1.54) is 12.8 Å². The fourth-order valence-corrected chi connectivity index (χ4v) is 5.29. The Bertz CT molecular complexity index is 220. The summed E-state index contributed by atoms with van der Waals surface area (Å²) in [5.74, 6) is 6.42. The minimum absolute atomic E-state index is 0.868. The van der Waals surface area contributed by atoms with E-state index in [0.29, 0.717) is 0 Å². The van der Waals surface area contributed by atoms with E-state index in [4.69, 9.17) is 5.73 Å². The van der Waals surface area contributed by atoms with Crippen LogP contribution in [0.1, 0.15) is 51.9 Å². The third-order valence-electron chi connectivity index (χ3n) is 5.76. The maximum Gasteiger partial charge on any atom is -0.00747 e. The van der Waals surface area contributed by atoms with Gasteiger partial charge in [0.25, 0.3) is 0 Å².